The van der Waals surface area contributed by atoms with Crippen molar-refractivity contribution in [3.63, 3.8) is 0 Å². The van der Waals surface area contributed by atoms with Crippen LogP contribution in [0.2, 0.25) is 0 Å². The molecule has 0 aliphatic heterocycles. The van der Waals surface area contributed by atoms with Gasteiger partial charge in [-0.1, -0.05) is 48.0 Å². The summed E-state index contributed by atoms with van der Waals surface area (Å²) in [6.45, 7) is 6.34. The van der Waals surface area contributed by atoms with E-state index < -0.39 is 15.8 Å². The molecule has 5 rings (SSSR count). The molecule has 0 atom stereocenters. The molecule has 4 aromatic carbocycles. The van der Waals surface area contributed by atoms with Crippen molar-refractivity contribution in [2.24, 2.45) is 0 Å². The van der Waals surface area contributed by atoms with E-state index in [-0.39, 0.29) is 18.1 Å². The van der Waals surface area contributed by atoms with Crippen LogP contribution in [0.4, 0.5) is 15.8 Å². The third-order valence-electron chi connectivity index (χ3n) is 6.75. The molecule has 0 aliphatic carbocycles. The Morgan fingerprint density at radius 2 is 1.55 bits per heavy atom. The van der Waals surface area contributed by atoms with Crippen LogP contribution in [0.3, 0.4) is 0 Å². The summed E-state index contributed by atoms with van der Waals surface area (Å²) in [6, 6.07) is 26.4. The fraction of sp³-hybridized carbons (Fsp3) is 0.161. The number of para-hydroxylation sites is 1. The molecule has 5 aromatic rings. The number of halogens is 1. The zero-order valence-corrected chi connectivity index (χ0v) is 22.3. The molecule has 0 aliphatic rings. The predicted octanol–water partition coefficient (Wildman–Crippen LogP) is 7.40. The molecular formula is C31H29FN2O3S. The smallest absolute Gasteiger partial charge is 0.268 e. The topological polar surface area (TPSA) is 60.3 Å². The molecular weight excluding hydrogens is 499 g/mol. The maximum absolute atomic E-state index is 14.0. The van der Waals surface area contributed by atoms with Gasteiger partial charge in [0.05, 0.1) is 29.3 Å². The Balaban J connectivity index is 1.44. The molecule has 1 aromatic heterocycles. The fourth-order valence-electron chi connectivity index (χ4n) is 4.48. The van der Waals surface area contributed by atoms with Crippen molar-refractivity contribution < 1.29 is 17.5 Å². The summed E-state index contributed by atoms with van der Waals surface area (Å²) in [7, 11) is -3.93. The Hall–Kier alpha value is -3.94. The Bertz CT molecular complexity index is 1720. The van der Waals surface area contributed by atoms with Crippen LogP contribution in [0, 0.1) is 26.6 Å². The predicted molar refractivity (Wildman–Crippen MR) is 150 cm³/mol. The molecule has 0 amide bonds. The third kappa shape index (κ3) is 5.08. The van der Waals surface area contributed by atoms with E-state index in [1.54, 1.807) is 30.3 Å². The lowest BCUT2D eigenvalue weighted by Gasteiger charge is -2.16. The fourth-order valence-corrected chi connectivity index (χ4v) is 6.01. The molecule has 0 spiro atoms. The molecule has 0 unspecified atom stereocenters. The van der Waals surface area contributed by atoms with Gasteiger partial charge in [-0.15, -0.1) is 0 Å². The number of hydrogen-bond donors (Lipinski definition) is 1. The minimum Gasteiger partial charge on any atom is -0.370 e. The van der Waals surface area contributed by atoms with E-state index in [4.69, 9.17) is 4.74 Å². The highest BCUT2D eigenvalue weighted by atomic mass is 32.2. The van der Waals surface area contributed by atoms with E-state index in [1.165, 1.54) is 33.3 Å². The Labute approximate surface area is 222 Å². The van der Waals surface area contributed by atoms with E-state index in [9.17, 15) is 12.8 Å². The van der Waals surface area contributed by atoms with Gasteiger partial charge in [0.15, 0.2) is 0 Å². The SMILES string of the molecule is Cc1ccc(S(=O)(=O)n2c(COCc3ccccc3Nc3cccc(C)c3C)cc3cc(F)ccc32)cc1. The number of fused-ring (bicyclic) bond motifs is 1. The summed E-state index contributed by atoms with van der Waals surface area (Å²) in [5.41, 5.74) is 7.02. The van der Waals surface area contributed by atoms with Crippen LogP contribution in [0.1, 0.15) is 27.9 Å². The van der Waals surface area contributed by atoms with Crippen molar-refractivity contribution in [2.75, 3.05) is 5.32 Å². The lowest BCUT2D eigenvalue weighted by molar-refractivity contribution is 0.105. The van der Waals surface area contributed by atoms with Crippen LogP contribution in [0.15, 0.2) is 95.9 Å². The van der Waals surface area contributed by atoms with Gasteiger partial charge in [-0.25, -0.2) is 16.8 Å². The van der Waals surface area contributed by atoms with Crippen LogP contribution in [0.25, 0.3) is 10.9 Å². The first kappa shape index (κ1) is 25.7. The third-order valence-corrected chi connectivity index (χ3v) is 8.53. The van der Waals surface area contributed by atoms with Gasteiger partial charge in [-0.2, -0.15) is 0 Å². The Morgan fingerprint density at radius 1 is 0.816 bits per heavy atom. The average Bonchev–Trinajstić information content (AvgIpc) is 3.26. The second-order valence-corrected chi connectivity index (χ2v) is 11.2. The highest BCUT2D eigenvalue weighted by Gasteiger charge is 2.23. The average molecular weight is 529 g/mol. The Kier molecular flexibility index (Phi) is 7.06. The normalized spacial score (nSPS) is 11.7. The molecule has 0 radical (unpaired) electrons. The van der Waals surface area contributed by atoms with Crippen LogP contribution in [-0.4, -0.2) is 12.4 Å². The van der Waals surface area contributed by atoms with Gasteiger partial charge in [0.1, 0.15) is 5.82 Å². The molecule has 194 valence electrons. The Morgan fingerprint density at radius 3 is 2.34 bits per heavy atom. The van der Waals surface area contributed by atoms with Crippen molar-refractivity contribution in [3.8, 4) is 0 Å². The van der Waals surface area contributed by atoms with E-state index >= 15 is 0 Å². The van der Waals surface area contributed by atoms with E-state index in [0.29, 0.717) is 16.6 Å². The van der Waals surface area contributed by atoms with E-state index in [2.05, 4.69) is 25.2 Å². The number of anilines is 2. The first-order valence-corrected chi connectivity index (χ1v) is 13.8. The lowest BCUT2D eigenvalue weighted by Crippen LogP contribution is -2.16. The van der Waals surface area contributed by atoms with Gasteiger partial charge in [0.2, 0.25) is 0 Å². The number of aromatic nitrogens is 1. The summed E-state index contributed by atoms with van der Waals surface area (Å²) in [5.74, 6) is -0.429. The summed E-state index contributed by atoms with van der Waals surface area (Å²) in [5, 5.41) is 3.99. The molecule has 1 heterocycles. The number of nitrogens with zero attached hydrogens (tertiary/aromatic N) is 1. The second-order valence-electron chi connectivity index (χ2n) is 9.44. The maximum Gasteiger partial charge on any atom is 0.268 e. The highest BCUT2D eigenvalue weighted by Crippen LogP contribution is 2.29. The first-order chi connectivity index (χ1) is 18.2. The number of ether oxygens (including phenoxy) is 1. The minimum absolute atomic E-state index is 0.0270. The molecule has 0 bridgehead atoms. The number of nitrogens with one attached hydrogen (secondary N) is 1. The van der Waals surface area contributed by atoms with E-state index in [1.807, 2.05) is 43.3 Å². The minimum atomic E-state index is -3.93. The molecule has 38 heavy (non-hydrogen) atoms. The van der Waals surface area contributed by atoms with Crippen LogP contribution < -0.4 is 5.32 Å². The molecule has 1 N–H and O–H groups in total. The summed E-state index contributed by atoms with van der Waals surface area (Å²) in [4.78, 5) is 0.161. The largest absolute Gasteiger partial charge is 0.370 e. The number of hydrogen-bond acceptors (Lipinski definition) is 4. The van der Waals surface area contributed by atoms with Crippen LogP contribution in [0.5, 0.6) is 0 Å². The van der Waals surface area contributed by atoms with Gasteiger partial charge in [-0.3, -0.25) is 0 Å². The molecule has 0 saturated carbocycles. The summed E-state index contributed by atoms with van der Waals surface area (Å²) in [6.07, 6.45) is 0. The van der Waals surface area contributed by atoms with Crippen molar-refractivity contribution in [3.05, 3.63) is 125 Å². The van der Waals surface area contributed by atoms with Gasteiger partial charge in [0.25, 0.3) is 10.0 Å². The summed E-state index contributed by atoms with van der Waals surface area (Å²) < 4.78 is 48.7. The second kappa shape index (κ2) is 10.4. The number of rotatable bonds is 8. The van der Waals surface area contributed by atoms with Gasteiger partial charge in [-0.05, 0) is 80.4 Å². The van der Waals surface area contributed by atoms with Crippen molar-refractivity contribution in [1.82, 2.24) is 3.97 Å². The van der Waals surface area contributed by atoms with Gasteiger partial charge in [0, 0.05) is 22.3 Å². The van der Waals surface area contributed by atoms with Crippen molar-refractivity contribution >= 4 is 32.3 Å². The first-order valence-electron chi connectivity index (χ1n) is 12.3. The monoisotopic (exact) mass is 528 g/mol. The maximum atomic E-state index is 14.0. The lowest BCUT2D eigenvalue weighted by atomic mass is 10.1. The molecule has 0 saturated heterocycles. The number of aryl methyl sites for hydroxylation is 2. The highest BCUT2D eigenvalue weighted by molar-refractivity contribution is 7.90. The quantitative estimate of drug-likeness (QED) is 0.228. The molecule has 7 heteroatoms. The zero-order chi connectivity index (χ0) is 26.9. The van der Waals surface area contributed by atoms with E-state index in [0.717, 1.165) is 22.5 Å². The van der Waals surface area contributed by atoms with Crippen LogP contribution in [-0.2, 0) is 28.0 Å². The molecule has 5 nitrogen and oxygen atoms in total. The van der Waals surface area contributed by atoms with Gasteiger partial charge >= 0.3 is 0 Å². The van der Waals surface area contributed by atoms with Crippen LogP contribution >= 0.6 is 0 Å². The molecule has 0 fully saturated rings. The summed E-state index contributed by atoms with van der Waals surface area (Å²) >= 11 is 0. The zero-order valence-electron chi connectivity index (χ0n) is 21.5. The van der Waals surface area contributed by atoms with Crippen molar-refractivity contribution in [1.29, 1.82) is 0 Å². The standard InChI is InChI=1S/C31H29FN2O3S/c1-21-11-14-28(15-12-21)38(35,36)34-27(18-25-17-26(32)13-16-31(25)34)20-37-19-24-8-4-5-9-30(24)33-29-10-6-7-22(2)23(29)3/h4-18,33H,19-20H2,1-3H3. The number of benzene rings is 4. The van der Waals surface area contributed by atoms with Gasteiger partial charge < -0.3 is 10.1 Å². The van der Waals surface area contributed by atoms with Crippen molar-refractivity contribution in [2.45, 2.75) is 38.9 Å².